The van der Waals surface area contributed by atoms with Gasteiger partial charge in [0.2, 0.25) is 10.0 Å². The van der Waals surface area contributed by atoms with Crippen LogP contribution in [0, 0.1) is 6.92 Å². The van der Waals surface area contributed by atoms with Gasteiger partial charge < -0.3 is 9.84 Å². The number of sulfonamides is 1. The summed E-state index contributed by atoms with van der Waals surface area (Å²) in [6.07, 6.45) is -0.966. The van der Waals surface area contributed by atoms with Gasteiger partial charge in [-0.25, -0.2) is 13.1 Å². The Morgan fingerprint density at radius 1 is 1.07 bits per heavy atom. The fourth-order valence-electron chi connectivity index (χ4n) is 3.02. The van der Waals surface area contributed by atoms with Crippen molar-refractivity contribution in [3.05, 3.63) is 71.8 Å². The largest absolute Gasteiger partial charge is 0.492 e. The Kier molecular flexibility index (Phi) is 5.79. The third-order valence-corrected chi connectivity index (χ3v) is 5.78. The molecule has 1 atom stereocenters. The highest BCUT2D eigenvalue weighted by Gasteiger charge is 2.22. The zero-order chi connectivity index (χ0) is 19.4. The average molecular weight is 385 g/mol. The molecule has 0 saturated carbocycles. The van der Waals surface area contributed by atoms with E-state index in [1.54, 1.807) is 31.2 Å². The van der Waals surface area contributed by atoms with Gasteiger partial charge in [-0.1, -0.05) is 48.5 Å². The Hall–Kier alpha value is -2.41. The van der Waals surface area contributed by atoms with E-state index in [1.807, 2.05) is 43.3 Å². The molecule has 0 fully saturated rings. The minimum atomic E-state index is -3.83. The number of aliphatic hydroxyl groups is 1. The van der Waals surface area contributed by atoms with Crippen LogP contribution in [0.2, 0.25) is 0 Å². The number of fused-ring (bicyclic) bond motifs is 1. The molecule has 0 saturated heterocycles. The molecule has 2 N–H and O–H groups in total. The van der Waals surface area contributed by atoms with Crippen LogP contribution in [0.3, 0.4) is 0 Å². The van der Waals surface area contributed by atoms with Gasteiger partial charge in [0.1, 0.15) is 10.6 Å². The molecule has 0 aromatic heterocycles. The van der Waals surface area contributed by atoms with Gasteiger partial charge in [0.15, 0.2) is 0 Å². The summed E-state index contributed by atoms with van der Waals surface area (Å²) in [5.74, 6) is 0.301. The lowest BCUT2D eigenvalue weighted by Gasteiger charge is -2.16. The van der Waals surface area contributed by atoms with Crippen LogP contribution in [0.1, 0.15) is 24.2 Å². The maximum atomic E-state index is 12.8. The molecule has 0 radical (unpaired) electrons. The van der Waals surface area contributed by atoms with Crippen LogP contribution in [0.15, 0.2) is 65.6 Å². The second kappa shape index (κ2) is 8.08. The first-order valence-electron chi connectivity index (χ1n) is 8.81. The molecule has 5 nitrogen and oxygen atoms in total. The Bertz CT molecular complexity index is 1040. The van der Waals surface area contributed by atoms with Gasteiger partial charge in [0, 0.05) is 6.54 Å². The van der Waals surface area contributed by atoms with E-state index in [4.69, 9.17) is 4.74 Å². The minimum absolute atomic E-state index is 0.0782. The Morgan fingerprint density at radius 2 is 1.81 bits per heavy atom. The van der Waals surface area contributed by atoms with E-state index in [0.717, 1.165) is 16.3 Å². The maximum absolute atomic E-state index is 12.8. The van der Waals surface area contributed by atoms with E-state index in [1.165, 1.54) is 0 Å². The predicted octanol–water partition coefficient (Wildman–Crippen LogP) is 3.56. The van der Waals surface area contributed by atoms with Crippen LogP contribution in [-0.4, -0.2) is 26.7 Å². The van der Waals surface area contributed by atoms with E-state index in [-0.39, 0.29) is 11.4 Å². The smallest absolute Gasteiger partial charge is 0.244 e. The minimum Gasteiger partial charge on any atom is -0.492 e. The summed E-state index contributed by atoms with van der Waals surface area (Å²) < 4.78 is 33.5. The molecule has 1 unspecified atom stereocenters. The Balaban J connectivity index is 1.84. The number of ether oxygens (including phenoxy) is 1. The Morgan fingerprint density at radius 3 is 2.59 bits per heavy atom. The second-order valence-corrected chi connectivity index (χ2v) is 8.05. The maximum Gasteiger partial charge on any atom is 0.244 e. The van der Waals surface area contributed by atoms with E-state index in [9.17, 15) is 13.5 Å². The zero-order valence-corrected chi connectivity index (χ0v) is 16.2. The van der Waals surface area contributed by atoms with Crippen LogP contribution >= 0.6 is 0 Å². The van der Waals surface area contributed by atoms with Crippen molar-refractivity contribution >= 4 is 20.8 Å². The van der Waals surface area contributed by atoms with Crippen LogP contribution < -0.4 is 9.46 Å². The molecule has 3 aromatic rings. The lowest BCUT2D eigenvalue weighted by molar-refractivity contribution is 0.183. The Labute approximate surface area is 159 Å². The predicted molar refractivity (Wildman–Crippen MR) is 106 cm³/mol. The summed E-state index contributed by atoms with van der Waals surface area (Å²) >= 11 is 0. The van der Waals surface area contributed by atoms with Crippen LogP contribution in [0.5, 0.6) is 5.75 Å². The molecule has 3 rings (SSSR count). The summed E-state index contributed by atoms with van der Waals surface area (Å²) in [6, 6.07) is 18.3. The van der Waals surface area contributed by atoms with Crippen molar-refractivity contribution < 1.29 is 18.3 Å². The fourth-order valence-corrected chi connectivity index (χ4v) is 4.28. The molecule has 0 spiro atoms. The second-order valence-electron chi connectivity index (χ2n) is 6.32. The first kappa shape index (κ1) is 19.4. The van der Waals surface area contributed by atoms with Gasteiger partial charge in [-0.2, -0.15) is 0 Å². The lowest BCUT2D eigenvalue weighted by Crippen LogP contribution is -2.29. The van der Waals surface area contributed by atoms with Gasteiger partial charge in [-0.15, -0.1) is 0 Å². The fraction of sp³-hybridized carbons (Fsp3) is 0.238. The molecule has 3 aromatic carbocycles. The molecule has 142 valence electrons. The molecule has 0 amide bonds. The summed E-state index contributed by atoms with van der Waals surface area (Å²) in [6.45, 7) is 3.85. The number of aryl methyl sites for hydroxylation is 1. The van der Waals surface area contributed by atoms with E-state index < -0.39 is 16.1 Å². The number of nitrogens with one attached hydrogen (secondary N) is 1. The van der Waals surface area contributed by atoms with Crippen molar-refractivity contribution in [3.8, 4) is 5.75 Å². The molecular formula is C21H23NO4S. The van der Waals surface area contributed by atoms with Crippen molar-refractivity contribution in [2.75, 3.05) is 13.2 Å². The van der Waals surface area contributed by atoms with Gasteiger partial charge in [0.05, 0.1) is 12.7 Å². The molecule has 0 aliphatic rings. The van der Waals surface area contributed by atoms with Crippen molar-refractivity contribution in [3.63, 3.8) is 0 Å². The van der Waals surface area contributed by atoms with Gasteiger partial charge in [-0.3, -0.25) is 0 Å². The van der Waals surface area contributed by atoms with Gasteiger partial charge >= 0.3 is 0 Å². The highest BCUT2D eigenvalue weighted by Crippen LogP contribution is 2.27. The summed E-state index contributed by atoms with van der Waals surface area (Å²) in [5, 5.41) is 12.5. The van der Waals surface area contributed by atoms with Crippen LogP contribution in [0.25, 0.3) is 10.8 Å². The highest BCUT2D eigenvalue weighted by atomic mass is 32.2. The first-order valence-corrected chi connectivity index (χ1v) is 10.3. The molecule has 6 heteroatoms. The number of benzene rings is 3. The number of aliphatic hydroxyl groups excluding tert-OH is 1. The highest BCUT2D eigenvalue weighted by molar-refractivity contribution is 7.89. The van der Waals surface area contributed by atoms with E-state index >= 15 is 0 Å². The van der Waals surface area contributed by atoms with E-state index in [2.05, 4.69) is 4.72 Å². The first-order chi connectivity index (χ1) is 12.9. The molecule has 0 bridgehead atoms. The summed E-state index contributed by atoms with van der Waals surface area (Å²) in [5.41, 5.74) is 1.50. The lowest BCUT2D eigenvalue weighted by atomic mass is 10.0. The van der Waals surface area contributed by atoms with Crippen LogP contribution in [-0.2, 0) is 10.0 Å². The molecular weight excluding hydrogens is 362 g/mol. The summed E-state index contributed by atoms with van der Waals surface area (Å²) in [4.78, 5) is 0.0782. The molecule has 0 aliphatic carbocycles. The number of hydrogen-bond donors (Lipinski definition) is 2. The van der Waals surface area contributed by atoms with Crippen molar-refractivity contribution in [1.29, 1.82) is 0 Å². The normalized spacial score (nSPS) is 12.9. The number of rotatable bonds is 7. The molecule has 0 aliphatic heterocycles. The van der Waals surface area contributed by atoms with Gasteiger partial charge in [0.25, 0.3) is 0 Å². The number of hydrogen-bond acceptors (Lipinski definition) is 4. The van der Waals surface area contributed by atoms with Crippen molar-refractivity contribution in [2.45, 2.75) is 24.8 Å². The zero-order valence-electron chi connectivity index (χ0n) is 15.3. The quantitative estimate of drug-likeness (QED) is 0.652. The molecule has 0 heterocycles. The topological polar surface area (TPSA) is 75.6 Å². The third kappa shape index (κ3) is 4.30. The molecule has 27 heavy (non-hydrogen) atoms. The summed E-state index contributed by atoms with van der Waals surface area (Å²) in [7, 11) is -3.83. The average Bonchev–Trinajstić information content (AvgIpc) is 2.67. The van der Waals surface area contributed by atoms with E-state index in [0.29, 0.717) is 17.9 Å². The SMILES string of the molecule is CCOc1ccc(C)cc1S(=O)(=O)NCC(O)c1cccc2ccccc12. The van der Waals surface area contributed by atoms with Gasteiger partial charge in [-0.05, 0) is 47.9 Å². The van der Waals surface area contributed by atoms with Crippen LogP contribution in [0.4, 0.5) is 0 Å². The van der Waals surface area contributed by atoms with Crippen molar-refractivity contribution in [2.24, 2.45) is 0 Å². The third-order valence-electron chi connectivity index (χ3n) is 4.34. The van der Waals surface area contributed by atoms with Crippen molar-refractivity contribution in [1.82, 2.24) is 4.72 Å². The standard InChI is InChI=1S/C21H23NO4S/c1-3-26-20-12-11-15(2)13-21(20)27(24,25)22-14-19(23)18-10-6-8-16-7-4-5-9-17(16)18/h4-13,19,22-23H,3,14H2,1-2H3. The monoisotopic (exact) mass is 385 g/mol.